The van der Waals surface area contributed by atoms with Crippen molar-refractivity contribution in [2.45, 2.75) is 44.7 Å². The van der Waals surface area contributed by atoms with Crippen LogP contribution < -0.4 is 11.1 Å². The molecule has 0 saturated heterocycles. The third-order valence-corrected chi connectivity index (χ3v) is 5.87. The minimum absolute atomic E-state index is 0.152. The Balaban J connectivity index is 2.26. The predicted octanol–water partition coefficient (Wildman–Crippen LogP) is 0.850. The standard InChI is InChI=1S/C18H28N6O3S/c1-18(2,19)17(25)22-15(12-8-11-14-9-6-5-7-10-14)16-20-13-21-24(16)28(26,27)23(3)4/h5-7,9-10,13,15H,8,11-12,19H2,1-4H3,(H,22,25). The molecule has 9 nitrogen and oxygen atoms in total. The van der Waals surface area contributed by atoms with Crippen LogP contribution in [-0.2, 0) is 21.4 Å². The van der Waals surface area contributed by atoms with Gasteiger partial charge in [0.2, 0.25) is 5.91 Å². The minimum Gasteiger partial charge on any atom is -0.344 e. The SMILES string of the molecule is CN(C)S(=O)(=O)n1ncnc1C(CCCc1ccccc1)NC(=O)C(C)(C)N. The molecule has 154 valence electrons. The number of aromatic nitrogens is 3. The highest BCUT2D eigenvalue weighted by atomic mass is 32.2. The maximum atomic E-state index is 12.5. The van der Waals surface area contributed by atoms with Gasteiger partial charge in [-0.3, -0.25) is 4.79 Å². The Morgan fingerprint density at radius 2 is 1.93 bits per heavy atom. The molecule has 1 unspecified atom stereocenters. The van der Waals surface area contributed by atoms with Gasteiger partial charge in [0.05, 0.1) is 11.6 Å². The molecule has 0 aliphatic rings. The summed E-state index contributed by atoms with van der Waals surface area (Å²) >= 11 is 0. The molecule has 1 heterocycles. The molecule has 28 heavy (non-hydrogen) atoms. The van der Waals surface area contributed by atoms with E-state index in [0.29, 0.717) is 6.42 Å². The number of nitrogens with zero attached hydrogens (tertiary/aromatic N) is 4. The lowest BCUT2D eigenvalue weighted by Gasteiger charge is -2.24. The number of hydrogen-bond donors (Lipinski definition) is 2. The molecule has 0 aliphatic heterocycles. The van der Waals surface area contributed by atoms with Gasteiger partial charge < -0.3 is 11.1 Å². The monoisotopic (exact) mass is 408 g/mol. The molecule has 0 aliphatic carbocycles. The minimum atomic E-state index is -3.86. The third-order valence-electron chi connectivity index (χ3n) is 4.23. The van der Waals surface area contributed by atoms with Crippen LogP contribution in [0.25, 0.3) is 0 Å². The zero-order chi connectivity index (χ0) is 20.9. The van der Waals surface area contributed by atoms with Gasteiger partial charge in [0.25, 0.3) is 0 Å². The number of aryl methyl sites for hydroxylation is 1. The number of hydrogen-bond acceptors (Lipinski definition) is 6. The Morgan fingerprint density at radius 3 is 2.50 bits per heavy atom. The molecule has 1 amide bonds. The van der Waals surface area contributed by atoms with Gasteiger partial charge in [0, 0.05) is 14.1 Å². The number of nitrogens with one attached hydrogen (secondary N) is 1. The molecule has 10 heteroatoms. The largest absolute Gasteiger partial charge is 0.344 e. The Kier molecular flexibility index (Phi) is 6.91. The lowest BCUT2D eigenvalue weighted by atomic mass is 10.0. The lowest BCUT2D eigenvalue weighted by Crippen LogP contribution is -2.50. The summed E-state index contributed by atoms with van der Waals surface area (Å²) in [4.78, 5) is 16.6. The maximum Gasteiger partial charge on any atom is 0.324 e. The molecule has 2 aromatic rings. The molecule has 1 atom stereocenters. The summed E-state index contributed by atoms with van der Waals surface area (Å²) in [5, 5.41) is 6.69. The maximum absolute atomic E-state index is 12.5. The van der Waals surface area contributed by atoms with Gasteiger partial charge in [-0.1, -0.05) is 30.3 Å². The molecule has 1 aromatic heterocycles. The number of amides is 1. The van der Waals surface area contributed by atoms with Gasteiger partial charge in [-0.2, -0.15) is 12.7 Å². The van der Waals surface area contributed by atoms with Crippen molar-refractivity contribution in [3.05, 3.63) is 48.0 Å². The van der Waals surface area contributed by atoms with Gasteiger partial charge >= 0.3 is 10.2 Å². The van der Waals surface area contributed by atoms with Crippen LogP contribution in [-0.4, -0.2) is 52.4 Å². The average Bonchev–Trinajstić information content (AvgIpc) is 3.11. The first-order valence-corrected chi connectivity index (χ1v) is 10.4. The number of nitrogens with two attached hydrogens (primary N) is 1. The third kappa shape index (κ3) is 5.37. The fourth-order valence-corrected chi connectivity index (χ4v) is 3.44. The van der Waals surface area contributed by atoms with E-state index in [9.17, 15) is 13.2 Å². The molecule has 2 rings (SSSR count). The van der Waals surface area contributed by atoms with E-state index >= 15 is 0 Å². The summed E-state index contributed by atoms with van der Waals surface area (Å²) in [5.41, 5.74) is 5.94. The van der Waals surface area contributed by atoms with Crippen LogP contribution in [0.3, 0.4) is 0 Å². The highest BCUT2D eigenvalue weighted by Gasteiger charge is 2.30. The highest BCUT2D eigenvalue weighted by Crippen LogP contribution is 2.20. The van der Waals surface area contributed by atoms with Crippen LogP contribution in [0.2, 0.25) is 0 Å². The number of benzene rings is 1. The van der Waals surface area contributed by atoms with E-state index in [1.807, 2.05) is 30.3 Å². The molecule has 0 saturated carbocycles. The lowest BCUT2D eigenvalue weighted by molar-refractivity contribution is -0.126. The summed E-state index contributed by atoms with van der Waals surface area (Å²) in [5.74, 6) is -0.242. The van der Waals surface area contributed by atoms with Gasteiger partial charge in [-0.05, 0) is 38.7 Å². The van der Waals surface area contributed by atoms with E-state index in [4.69, 9.17) is 5.73 Å². The smallest absolute Gasteiger partial charge is 0.324 e. The summed E-state index contributed by atoms with van der Waals surface area (Å²) in [6.07, 6.45) is 3.15. The Labute approximate surface area is 166 Å². The van der Waals surface area contributed by atoms with Crippen LogP contribution in [0.15, 0.2) is 36.7 Å². The van der Waals surface area contributed by atoms with Crippen molar-refractivity contribution in [2.75, 3.05) is 14.1 Å². The van der Waals surface area contributed by atoms with Crippen molar-refractivity contribution >= 4 is 16.1 Å². The Bertz CT molecular complexity index is 888. The summed E-state index contributed by atoms with van der Waals surface area (Å²) in [6, 6.07) is 9.28. The number of rotatable bonds is 9. The fourth-order valence-electron chi connectivity index (χ4n) is 2.56. The van der Waals surface area contributed by atoms with Crippen molar-refractivity contribution in [1.82, 2.24) is 23.8 Å². The molecule has 0 spiro atoms. The normalized spacial score (nSPS) is 13.5. The number of carbonyl (C=O) groups is 1. The number of carbonyl (C=O) groups excluding carboxylic acids is 1. The Hall–Kier alpha value is -2.30. The van der Waals surface area contributed by atoms with Crippen molar-refractivity contribution in [2.24, 2.45) is 5.73 Å². The molecule has 0 radical (unpaired) electrons. The molecule has 0 bridgehead atoms. The average molecular weight is 409 g/mol. The summed E-state index contributed by atoms with van der Waals surface area (Å²) < 4.78 is 27.0. The van der Waals surface area contributed by atoms with E-state index in [1.54, 1.807) is 13.8 Å². The van der Waals surface area contributed by atoms with Crippen LogP contribution >= 0.6 is 0 Å². The quantitative estimate of drug-likeness (QED) is 0.634. The van der Waals surface area contributed by atoms with Gasteiger partial charge in [0.15, 0.2) is 5.82 Å². The van der Waals surface area contributed by atoms with Crippen LogP contribution in [0.4, 0.5) is 0 Å². The summed E-state index contributed by atoms with van der Waals surface area (Å²) in [7, 11) is -1.04. The van der Waals surface area contributed by atoms with E-state index in [-0.39, 0.29) is 5.82 Å². The van der Waals surface area contributed by atoms with Crippen molar-refractivity contribution in [3.63, 3.8) is 0 Å². The molecular formula is C18H28N6O3S. The van der Waals surface area contributed by atoms with E-state index in [0.717, 1.165) is 26.8 Å². The van der Waals surface area contributed by atoms with Gasteiger partial charge in [-0.25, -0.2) is 4.98 Å². The zero-order valence-corrected chi connectivity index (χ0v) is 17.5. The Morgan fingerprint density at radius 1 is 1.29 bits per heavy atom. The second-order valence-electron chi connectivity index (χ2n) is 7.38. The molecule has 1 aromatic carbocycles. The van der Waals surface area contributed by atoms with E-state index < -0.39 is 27.7 Å². The fraction of sp³-hybridized carbons (Fsp3) is 0.500. The molecule has 3 N–H and O–H groups in total. The zero-order valence-electron chi connectivity index (χ0n) is 16.7. The van der Waals surface area contributed by atoms with Gasteiger partial charge in [0.1, 0.15) is 6.33 Å². The van der Waals surface area contributed by atoms with Crippen LogP contribution in [0.5, 0.6) is 0 Å². The van der Waals surface area contributed by atoms with Crippen LogP contribution in [0.1, 0.15) is 44.1 Å². The highest BCUT2D eigenvalue weighted by molar-refractivity contribution is 7.87. The first kappa shape index (κ1) is 22.0. The second-order valence-corrected chi connectivity index (χ2v) is 9.35. The van der Waals surface area contributed by atoms with Crippen LogP contribution in [0, 0.1) is 0 Å². The van der Waals surface area contributed by atoms with Crippen molar-refractivity contribution in [3.8, 4) is 0 Å². The first-order valence-electron chi connectivity index (χ1n) is 9.00. The van der Waals surface area contributed by atoms with Gasteiger partial charge in [-0.15, -0.1) is 9.19 Å². The summed E-state index contributed by atoms with van der Waals surface area (Å²) in [6.45, 7) is 3.18. The first-order chi connectivity index (χ1) is 13.0. The van der Waals surface area contributed by atoms with E-state index in [2.05, 4.69) is 15.4 Å². The van der Waals surface area contributed by atoms with E-state index in [1.165, 1.54) is 20.4 Å². The van der Waals surface area contributed by atoms with Crippen molar-refractivity contribution < 1.29 is 13.2 Å². The molecule has 0 fully saturated rings. The topological polar surface area (TPSA) is 123 Å². The molecular weight excluding hydrogens is 380 g/mol. The van der Waals surface area contributed by atoms with Crippen molar-refractivity contribution in [1.29, 1.82) is 0 Å². The predicted molar refractivity (Wildman–Crippen MR) is 107 cm³/mol. The second kappa shape index (κ2) is 8.80.